The summed E-state index contributed by atoms with van der Waals surface area (Å²) in [5.41, 5.74) is 2.59. The largest absolute Gasteiger partial charge is 0.479 e. The first kappa shape index (κ1) is 17.3. The van der Waals surface area contributed by atoms with E-state index >= 15 is 0 Å². The van der Waals surface area contributed by atoms with E-state index in [1.54, 1.807) is 50.1 Å². The zero-order valence-electron chi connectivity index (χ0n) is 15.4. The Morgan fingerprint density at radius 1 is 1.19 bits per heavy atom. The van der Waals surface area contributed by atoms with Crippen molar-refractivity contribution in [1.29, 1.82) is 0 Å². The van der Waals surface area contributed by atoms with Crippen LogP contribution >= 0.6 is 0 Å². The van der Waals surface area contributed by atoms with Gasteiger partial charge >= 0.3 is 0 Å². The van der Waals surface area contributed by atoms with Crippen LogP contribution in [0.25, 0.3) is 0 Å². The van der Waals surface area contributed by atoms with E-state index in [9.17, 15) is 14.4 Å². The Hall–Kier alpha value is -3.15. The molecule has 6 nitrogen and oxygen atoms in total. The molecule has 2 amide bonds. The number of benzene rings is 2. The van der Waals surface area contributed by atoms with Crippen molar-refractivity contribution in [2.24, 2.45) is 0 Å². The third-order valence-electron chi connectivity index (χ3n) is 5.28. The Morgan fingerprint density at radius 2 is 1.93 bits per heavy atom. The van der Waals surface area contributed by atoms with Crippen LogP contribution < -0.4 is 9.64 Å². The smallest absolute Gasteiger partial charge is 0.267 e. The van der Waals surface area contributed by atoms with E-state index in [2.05, 4.69) is 0 Å². The number of carbonyl (C=O) groups is 3. The first-order valence-electron chi connectivity index (χ1n) is 8.90. The van der Waals surface area contributed by atoms with Gasteiger partial charge in [-0.15, -0.1) is 0 Å². The van der Waals surface area contributed by atoms with Gasteiger partial charge in [0.05, 0.1) is 11.7 Å². The fourth-order valence-corrected chi connectivity index (χ4v) is 3.64. The van der Waals surface area contributed by atoms with Gasteiger partial charge in [-0.1, -0.05) is 18.2 Å². The summed E-state index contributed by atoms with van der Waals surface area (Å²) in [4.78, 5) is 40.9. The molecular weight excluding hydrogens is 344 g/mol. The van der Waals surface area contributed by atoms with Gasteiger partial charge in [0, 0.05) is 24.7 Å². The summed E-state index contributed by atoms with van der Waals surface area (Å²) in [6.45, 7) is 3.85. The molecule has 2 atom stereocenters. The van der Waals surface area contributed by atoms with Crippen molar-refractivity contribution in [3.05, 3.63) is 59.2 Å². The number of rotatable bonds is 3. The number of fused-ring (bicyclic) bond motifs is 2. The number of carbonyl (C=O) groups excluding carboxylic acids is 3. The lowest BCUT2D eigenvalue weighted by Crippen LogP contribution is -2.42. The van der Waals surface area contributed by atoms with Crippen LogP contribution in [-0.4, -0.2) is 41.7 Å². The molecule has 0 saturated carbocycles. The van der Waals surface area contributed by atoms with Crippen molar-refractivity contribution in [2.75, 3.05) is 11.9 Å². The van der Waals surface area contributed by atoms with Crippen LogP contribution in [0, 0.1) is 0 Å². The molecule has 2 heterocycles. The fourth-order valence-electron chi connectivity index (χ4n) is 3.64. The molecule has 0 aliphatic carbocycles. The number of likely N-dealkylation sites (N-methyl/N-ethyl adjacent to an activating group) is 1. The van der Waals surface area contributed by atoms with Crippen LogP contribution in [0.3, 0.4) is 0 Å². The van der Waals surface area contributed by atoms with E-state index < -0.39 is 12.1 Å². The highest BCUT2D eigenvalue weighted by molar-refractivity contribution is 6.07. The van der Waals surface area contributed by atoms with Gasteiger partial charge in [0.25, 0.3) is 11.8 Å². The van der Waals surface area contributed by atoms with Crippen LogP contribution in [0.15, 0.2) is 42.5 Å². The van der Waals surface area contributed by atoms with Gasteiger partial charge in [-0.05, 0) is 43.7 Å². The maximum atomic E-state index is 13.0. The second kappa shape index (κ2) is 6.23. The molecular formula is C21H20N2O4. The number of nitrogens with zero attached hydrogens (tertiary/aromatic N) is 2. The summed E-state index contributed by atoms with van der Waals surface area (Å²) >= 11 is 0. The van der Waals surface area contributed by atoms with Crippen molar-refractivity contribution >= 4 is 23.3 Å². The van der Waals surface area contributed by atoms with Crippen molar-refractivity contribution in [3.8, 4) is 5.75 Å². The number of ketones is 1. The zero-order chi connectivity index (χ0) is 19.3. The predicted molar refractivity (Wildman–Crippen MR) is 100 cm³/mol. The fraction of sp³-hybridized carbons (Fsp3) is 0.286. The molecule has 2 aromatic carbocycles. The lowest BCUT2D eigenvalue weighted by Gasteiger charge is -2.31. The number of Topliss-reactive ketones (excluding diaryl/α,β-unsaturated/α-hetero) is 1. The highest BCUT2D eigenvalue weighted by Gasteiger charge is 2.35. The standard InChI is InChI=1S/C21H20N2O4/c1-12(23-11-15-6-4-5-7-16(15)21(23)26)19(24)14-8-9-18-17(10-14)22(3)20(25)13(2)27-18/h4-10,12-13H,11H2,1-3H3. The second-order valence-corrected chi connectivity index (χ2v) is 6.97. The van der Waals surface area contributed by atoms with Gasteiger partial charge in [0.1, 0.15) is 5.75 Å². The van der Waals surface area contributed by atoms with Gasteiger partial charge in [-0.3, -0.25) is 14.4 Å². The molecule has 4 rings (SSSR count). The summed E-state index contributed by atoms with van der Waals surface area (Å²) in [7, 11) is 1.67. The lowest BCUT2D eigenvalue weighted by molar-refractivity contribution is -0.125. The first-order valence-corrected chi connectivity index (χ1v) is 8.90. The number of ether oxygens (including phenoxy) is 1. The van der Waals surface area contributed by atoms with E-state index in [0.29, 0.717) is 29.1 Å². The Bertz CT molecular complexity index is 968. The Labute approximate surface area is 157 Å². The van der Waals surface area contributed by atoms with Crippen LogP contribution in [0.5, 0.6) is 5.75 Å². The maximum absolute atomic E-state index is 13.0. The summed E-state index contributed by atoms with van der Waals surface area (Å²) < 4.78 is 5.60. The van der Waals surface area contributed by atoms with Crippen molar-refractivity contribution in [2.45, 2.75) is 32.5 Å². The molecule has 0 spiro atoms. The lowest BCUT2D eigenvalue weighted by atomic mass is 10.0. The van der Waals surface area contributed by atoms with Crippen molar-refractivity contribution < 1.29 is 19.1 Å². The molecule has 2 aromatic rings. The van der Waals surface area contributed by atoms with Crippen LogP contribution in [-0.2, 0) is 11.3 Å². The zero-order valence-corrected chi connectivity index (χ0v) is 15.4. The Morgan fingerprint density at radius 3 is 2.67 bits per heavy atom. The van der Waals surface area contributed by atoms with Crippen LogP contribution in [0.4, 0.5) is 5.69 Å². The monoisotopic (exact) mass is 364 g/mol. The summed E-state index contributed by atoms with van der Waals surface area (Å²) in [6, 6.07) is 11.8. The molecule has 2 aliphatic heterocycles. The Kier molecular flexibility index (Phi) is 3.98. The van der Waals surface area contributed by atoms with Gasteiger partial charge in [0.2, 0.25) is 0 Å². The average molecular weight is 364 g/mol. The highest BCUT2D eigenvalue weighted by atomic mass is 16.5. The molecule has 2 unspecified atom stereocenters. The van der Waals surface area contributed by atoms with E-state index in [4.69, 9.17) is 4.74 Å². The number of hydrogen-bond acceptors (Lipinski definition) is 4. The maximum Gasteiger partial charge on any atom is 0.267 e. The quantitative estimate of drug-likeness (QED) is 0.786. The molecule has 0 radical (unpaired) electrons. The molecule has 0 bridgehead atoms. The van der Waals surface area contributed by atoms with Gasteiger partial charge in [0.15, 0.2) is 11.9 Å². The third-order valence-corrected chi connectivity index (χ3v) is 5.28. The minimum absolute atomic E-state index is 0.131. The molecule has 138 valence electrons. The summed E-state index contributed by atoms with van der Waals surface area (Å²) in [6.07, 6.45) is -0.552. The molecule has 0 saturated heterocycles. The summed E-state index contributed by atoms with van der Waals surface area (Å²) in [5, 5.41) is 0. The number of hydrogen-bond donors (Lipinski definition) is 0. The molecule has 6 heteroatoms. The number of anilines is 1. The van der Waals surface area contributed by atoms with E-state index in [1.165, 1.54) is 4.90 Å². The first-order chi connectivity index (χ1) is 12.9. The highest BCUT2D eigenvalue weighted by Crippen LogP contribution is 2.35. The van der Waals surface area contributed by atoms with E-state index in [0.717, 1.165) is 5.56 Å². The van der Waals surface area contributed by atoms with Crippen molar-refractivity contribution in [1.82, 2.24) is 4.90 Å². The molecule has 0 aromatic heterocycles. The predicted octanol–water partition coefficient (Wildman–Crippen LogP) is 2.66. The minimum Gasteiger partial charge on any atom is -0.479 e. The van der Waals surface area contributed by atoms with Crippen molar-refractivity contribution in [3.63, 3.8) is 0 Å². The molecule has 0 fully saturated rings. The minimum atomic E-state index is -0.604. The third kappa shape index (κ3) is 2.68. The Balaban J connectivity index is 1.61. The molecule has 0 N–H and O–H groups in total. The average Bonchev–Trinajstić information content (AvgIpc) is 3.02. The normalized spacial score (nSPS) is 19.4. The van der Waals surface area contributed by atoms with E-state index in [1.807, 2.05) is 18.2 Å². The SMILES string of the molecule is CC1Oc2ccc(C(=O)C(C)N3Cc4ccccc4C3=O)cc2N(C)C1=O. The summed E-state index contributed by atoms with van der Waals surface area (Å²) in [5.74, 6) is 0.107. The number of amides is 2. The van der Waals surface area contributed by atoms with Crippen LogP contribution in [0.2, 0.25) is 0 Å². The topological polar surface area (TPSA) is 66.9 Å². The second-order valence-electron chi connectivity index (χ2n) is 6.97. The molecule has 27 heavy (non-hydrogen) atoms. The van der Waals surface area contributed by atoms with Crippen LogP contribution in [0.1, 0.15) is 40.1 Å². The molecule has 2 aliphatic rings. The van der Waals surface area contributed by atoms with Gasteiger partial charge in [-0.25, -0.2) is 0 Å². The van der Waals surface area contributed by atoms with Gasteiger partial charge < -0.3 is 14.5 Å². The van der Waals surface area contributed by atoms with E-state index in [-0.39, 0.29) is 17.6 Å². The van der Waals surface area contributed by atoms with Gasteiger partial charge in [-0.2, -0.15) is 0 Å².